The number of rotatable bonds is 6. The van der Waals surface area contributed by atoms with Gasteiger partial charge in [-0.2, -0.15) is 10.2 Å². The van der Waals surface area contributed by atoms with E-state index in [0.29, 0.717) is 5.92 Å². The van der Waals surface area contributed by atoms with Gasteiger partial charge in [0.15, 0.2) is 9.84 Å². The van der Waals surface area contributed by atoms with Crippen molar-refractivity contribution in [3.8, 4) is 22.1 Å². The van der Waals surface area contributed by atoms with Crippen molar-refractivity contribution in [2.45, 2.75) is 37.0 Å². The summed E-state index contributed by atoms with van der Waals surface area (Å²) in [5, 5.41) is 21.1. The molecule has 3 aromatic heterocycles. The molecule has 0 saturated heterocycles. The minimum Gasteiger partial charge on any atom is -0.233 e. The summed E-state index contributed by atoms with van der Waals surface area (Å²) >= 11 is 1.61. The Bertz CT molecular complexity index is 1630. The van der Waals surface area contributed by atoms with E-state index in [1.807, 2.05) is 15.4 Å². The molecule has 0 radical (unpaired) electrons. The Morgan fingerprint density at radius 1 is 1.03 bits per heavy atom. The molecule has 6 rings (SSSR count). The number of aryl methyl sites for hydroxylation is 1. The van der Waals surface area contributed by atoms with Gasteiger partial charge in [-0.25, -0.2) is 17.8 Å². The molecule has 0 bridgehead atoms. The monoisotopic (exact) mass is 490 g/mol. The molecule has 0 aliphatic heterocycles. The molecule has 10 heteroatoms. The first-order chi connectivity index (χ1) is 16.4. The molecule has 3 heterocycles. The van der Waals surface area contributed by atoms with Crippen molar-refractivity contribution in [2.24, 2.45) is 0 Å². The second-order valence-electron chi connectivity index (χ2n) is 8.54. The van der Waals surface area contributed by atoms with Crippen LogP contribution in [-0.2, 0) is 16.3 Å². The normalized spacial score (nSPS) is 14.2. The summed E-state index contributed by atoms with van der Waals surface area (Å²) in [7, 11) is -3.26. The molecule has 172 valence electrons. The van der Waals surface area contributed by atoms with E-state index in [9.17, 15) is 8.42 Å². The number of benzene rings is 2. The van der Waals surface area contributed by atoms with E-state index < -0.39 is 9.84 Å². The van der Waals surface area contributed by atoms with Crippen molar-refractivity contribution in [1.29, 1.82) is 0 Å². The lowest BCUT2D eigenvalue weighted by molar-refractivity contribution is 0.602. The Labute approximate surface area is 200 Å². The lowest BCUT2D eigenvalue weighted by Gasteiger charge is -2.09. The summed E-state index contributed by atoms with van der Waals surface area (Å²) in [6.07, 6.45) is 6.14. The zero-order valence-corrected chi connectivity index (χ0v) is 20.3. The summed E-state index contributed by atoms with van der Waals surface area (Å²) in [5.74, 6) is 0.553. The van der Waals surface area contributed by atoms with Crippen LogP contribution in [0.25, 0.3) is 33.0 Å². The van der Waals surface area contributed by atoms with E-state index in [2.05, 4.69) is 40.4 Å². The van der Waals surface area contributed by atoms with Crippen LogP contribution in [0.1, 0.15) is 36.4 Å². The van der Waals surface area contributed by atoms with E-state index in [0.717, 1.165) is 50.1 Å². The second kappa shape index (κ2) is 7.85. The number of nitrogens with zero attached hydrogens (tertiary/aromatic N) is 6. The molecule has 1 fully saturated rings. The number of hydrogen-bond donors (Lipinski definition) is 0. The van der Waals surface area contributed by atoms with E-state index in [1.165, 1.54) is 19.1 Å². The SMILES string of the molecule is CCc1nn(-c2nnc(C3CC3)s2)c2cc(-c3ccnn3-c3ccc(S(C)(=O)=O)cc3)ccc12. The third kappa shape index (κ3) is 3.63. The van der Waals surface area contributed by atoms with Gasteiger partial charge in [0.1, 0.15) is 5.01 Å². The van der Waals surface area contributed by atoms with Crippen LogP contribution in [0.3, 0.4) is 0 Å². The first-order valence-corrected chi connectivity index (χ1v) is 13.8. The van der Waals surface area contributed by atoms with Gasteiger partial charge in [0.25, 0.3) is 0 Å². The Kier molecular flexibility index (Phi) is 4.89. The Morgan fingerprint density at radius 3 is 2.53 bits per heavy atom. The van der Waals surface area contributed by atoms with E-state index >= 15 is 0 Å². The van der Waals surface area contributed by atoms with Crippen LogP contribution >= 0.6 is 11.3 Å². The highest BCUT2D eigenvalue weighted by atomic mass is 32.2. The predicted molar refractivity (Wildman–Crippen MR) is 132 cm³/mol. The molecule has 0 N–H and O–H groups in total. The van der Waals surface area contributed by atoms with Crippen molar-refractivity contribution >= 4 is 32.1 Å². The molecule has 1 aliphatic rings. The van der Waals surface area contributed by atoms with Crippen LogP contribution in [-0.4, -0.2) is 44.4 Å². The van der Waals surface area contributed by atoms with Crippen LogP contribution in [0.15, 0.2) is 59.6 Å². The molecule has 0 atom stereocenters. The number of sulfone groups is 1. The molecule has 34 heavy (non-hydrogen) atoms. The average molecular weight is 491 g/mol. The fourth-order valence-corrected chi connectivity index (χ4v) is 5.72. The lowest BCUT2D eigenvalue weighted by atomic mass is 10.1. The molecule has 2 aromatic carbocycles. The highest BCUT2D eigenvalue weighted by molar-refractivity contribution is 7.90. The fourth-order valence-electron chi connectivity index (χ4n) is 4.12. The van der Waals surface area contributed by atoms with Gasteiger partial charge in [-0.1, -0.05) is 30.4 Å². The summed E-state index contributed by atoms with van der Waals surface area (Å²) in [5.41, 5.74) is 4.67. The highest BCUT2D eigenvalue weighted by Crippen LogP contribution is 2.42. The topological polar surface area (TPSA) is 95.6 Å². The minimum atomic E-state index is -3.26. The van der Waals surface area contributed by atoms with Crippen LogP contribution in [0.2, 0.25) is 0 Å². The highest BCUT2D eigenvalue weighted by Gasteiger charge is 2.28. The van der Waals surface area contributed by atoms with E-state index in [4.69, 9.17) is 5.10 Å². The van der Waals surface area contributed by atoms with Crippen molar-refractivity contribution in [3.63, 3.8) is 0 Å². The van der Waals surface area contributed by atoms with Gasteiger partial charge in [-0.05, 0) is 55.7 Å². The van der Waals surface area contributed by atoms with E-state index in [1.54, 1.807) is 41.8 Å². The molecule has 1 saturated carbocycles. The summed E-state index contributed by atoms with van der Waals surface area (Å²) in [4.78, 5) is 0.282. The summed E-state index contributed by atoms with van der Waals surface area (Å²) in [6, 6.07) is 15.0. The van der Waals surface area contributed by atoms with Gasteiger partial charge in [0, 0.05) is 23.1 Å². The smallest absolute Gasteiger partial charge is 0.233 e. The van der Waals surface area contributed by atoms with Gasteiger partial charge in [0.05, 0.1) is 33.7 Å². The first-order valence-electron chi connectivity index (χ1n) is 11.1. The maximum Gasteiger partial charge on any atom is 0.233 e. The minimum absolute atomic E-state index is 0.282. The zero-order valence-electron chi connectivity index (χ0n) is 18.7. The number of aromatic nitrogens is 6. The molecular formula is C24H22N6O2S2. The van der Waals surface area contributed by atoms with Gasteiger partial charge in [-0.3, -0.25) is 0 Å². The van der Waals surface area contributed by atoms with Crippen molar-refractivity contribution < 1.29 is 8.42 Å². The quantitative estimate of drug-likeness (QED) is 0.346. The van der Waals surface area contributed by atoms with Gasteiger partial charge in [-0.15, -0.1) is 10.2 Å². The van der Waals surface area contributed by atoms with Crippen molar-refractivity contribution in [2.75, 3.05) is 6.26 Å². The Morgan fingerprint density at radius 2 is 1.82 bits per heavy atom. The molecule has 0 amide bonds. The van der Waals surface area contributed by atoms with Crippen LogP contribution in [0.4, 0.5) is 0 Å². The van der Waals surface area contributed by atoms with Gasteiger partial charge >= 0.3 is 0 Å². The molecule has 8 nitrogen and oxygen atoms in total. The number of hydrogen-bond acceptors (Lipinski definition) is 7. The van der Waals surface area contributed by atoms with Crippen LogP contribution in [0, 0.1) is 0 Å². The summed E-state index contributed by atoms with van der Waals surface area (Å²) < 4.78 is 27.4. The average Bonchev–Trinajstić information content (AvgIpc) is 3.24. The number of fused-ring (bicyclic) bond motifs is 1. The lowest BCUT2D eigenvalue weighted by Crippen LogP contribution is -2.01. The Balaban J connectivity index is 1.45. The zero-order chi connectivity index (χ0) is 23.4. The largest absolute Gasteiger partial charge is 0.233 e. The molecule has 5 aromatic rings. The predicted octanol–water partition coefficient (Wildman–Crippen LogP) is 4.57. The Hall–Kier alpha value is -3.37. The van der Waals surface area contributed by atoms with Crippen molar-refractivity contribution in [1.82, 2.24) is 29.8 Å². The van der Waals surface area contributed by atoms with Gasteiger partial charge < -0.3 is 0 Å². The third-order valence-electron chi connectivity index (χ3n) is 6.08. The van der Waals surface area contributed by atoms with Gasteiger partial charge in [0.2, 0.25) is 5.13 Å². The van der Waals surface area contributed by atoms with Crippen LogP contribution in [0.5, 0.6) is 0 Å². The maximum atomic E-state index is 11.8. The van der Waals surface area contributed by atoms with Crippen LogP contribution < -0.4 is 0 Å². The molecular weight excluding hydrogens is 468 g/mol. The molecule has 0 spiro atoms. The standard InChI is InChI=1S/C24H22N6O2S2/c1-3-20-19-11-6-16(14-22(19)30(28-20)24-27-26-23(33-24)15-4-5-15)21-12-13-25-29(21)17-7-9-18(10-8-17)34(2,31)32/h6-15H,3-5H2,1-2H3. The first kappa shape index (κ1) is 21.2. The van der Waals surface area contributed by atoms with Crippen molar-refractivity contribution in [3.05, 3.63) is 65.4 Å². The summed E-state index contributed by atoms with van der Waals surface area (Å²) in [6.45, 7) is 2.10. The third-order valence-corrected chi connectivity index (χ3v) is 8.27. The molecule has 1 aliphatic carbocycles. The van der Waals surface area contributed by atoms with E-state index in [-0.39, 0.29) is 4.90 Å². The fraction of sp³-hybridized carbons (Fsp3) is 0.250. The second-order valence-corrected chi connectivity index (χ2v) is 11.5. The molecule has 0 unspecified atom stereocenters. The maximum absolute atomic E-state index is 11.8.